The van der Waals surface area contributed by atoms with E-state index < -0.39 is 10.0 Å². The number of benzene rings is 1. The van der Waals surface area contributed by atoms with Crippen LogP contribution in [0.1, 0.15) is 25.0 Å². The van der Waals surface area contributed by atoms with Crippen molar-refractivity contribution >= 4 is 27.2 Å². The monoisotopic (exact) mass is 300 g/mol. The van der Waals surface area contributed by atoms with Gasteiger partial charge in [-0.05, 0) is 31.5 Å². The van der Waals surface area contributed by atoms with Crippen LogP contribution in [0.3, 0.4) is 0 Å². The summed E-state index contributed by atoms with van der Waals surface area (Å²) in [6.45, 7) is 6.74. The number of rotatable bonds is 5. The summed E-state index contributed by atoms with van der Waals surface area (Å²) in [5.41, 5.74) is 1.57. The van der Waals surface area contributed by atoms with Gasteiger partial charge in [0, 0.05) is 25.7 Å². The standard InChI is InChI=1S/C13H20N2O2S2/c1-5-14-19(16,17)12-8-7-11(9-10(12)3)13(18)15(4)6-2/h7-9,14H,5-6H2,1-4H3. The largest absolute Gasteiger partial charge is 0.366 e. The van der Waals surface area contributed by atoms with Crippen LogP contribution < -0.4 is 4.72 Å². The lowest BCUT2D eigenvalue weighted by atomic mass is 10.1. The summed E-state index contributed by atoms with van der Waals surface area (Å²) >= 11 is 5.35. The molecule has 0 aliphatic heterocycles. The molecular weight excluding hydrogens is 280 g/mol. The highest BCUT2D eigenvalue weighted by molar-refractivity contribution is 7.89. The normalized spacial score (nSPS) is 11.4. The third-order valence-corrected chi connectivity index (χ3v) is 5.12. The van der Waals surface area contributed by atoms with Crippen molar-refractivity contribution in [1.82, 2.24) is 9.62 Å². The Morgan fingerprint density at radius 2 is 2.00 bits per heavy atom. The SMILES string of the molecule is CCNS(=O)(=O)c1ccc(C(=S)N(C)CC)cc1C. The summed E-state index contributed by atoms with van der Waals surface area (Å²) in [6, 6.07) is 5.18. The number of sulfonamides is 1. The lowest BCUT2D eigenvalue weighted by Gasteiger charge is -2.18. The molecule has 1 N–H and O–H groups in total. The van der Waals surface area contributed by atoms with E-state index in [1.165, 1.54) is 0 Å². The van der Waals surface area contributed by atoms with Crippen LogP contribution >= 0.6 is 12.2 Å². The van der Waals surface area contributed by atoms with Crippen LogP contribution in [-0.4, -0.2) is 38.4 Å². The molecule has 19 heavy (non-hydrogen) atoms. The molecule has 0 aliphatic carbocycles. The highest BCUT2D eigenvalue weighted by atomic mass is 32.2. The van der Waals surface area contributed by atoms with Gasteiger partial charge in [0.25, 0.3) is 0 Å². The first-order valence-electron chi connectivity index (χ1n) is 6.19. The molecule has 0 spiro atoms. The fourth-order valence-corrected chi connectivity index (χ4v) is 3.24. The minimum absolute atomic E-state index is 0.306. The zero-order valence-electron chi connectivity index (χ0n) is 11.7. The molecule has 0 fully saturated rings. The summed E-state index contributed by atoms with van der Waals surface area (Å²) in [7, 11) is -1.50. The van der Waals surface area contributed by atoms with Crippen molar-refractivity contribution in [2.75, 3.05) is 20.1 Å². The third kappa shape index (κ3) is 3.75. The highest BCUT2D eigenvalue weighted by Gasteiger charge is 2.16. The van der Waals surface area contributed by atoms with E-state index in [2.05, 4.69) is 4.72 Å². The maximum absolute atomic E-state index is 12.0. The molecule has 0 bridgehead atoms. The van der Waals surface area contributed by atoms with Gasteiger partial charge < -0.3 is 4.90 Å². The molecule has 1 aromatic rings. The smallest absolute Gasteiger partial charge is 0.240 e. The summed E-state index contributed by atoms with van der Waals surface area (Å²) in [5, 5.41) is 0. The molecule has 0 saturated carbocycles. The quantitative estimate of drug-likeness (QED) is 0.844. The van der Waals surface area contributed by atoms with E-state index in [-0.39, 0.29) is 0 Å². The van der Waals surface area contributed by atoms with Gasteiger partial charge in [-0.3, -0.25) is 0 Å². The second kappa shape index (κ2) is 6.45. The molecule has 0 saturated heterocycles. The first-order chi connectivity index (χ1) is 8.83. The zero-order chi connectivity index (χ0) is 14.6. The van der Waals surface area contributed by atoms with Crippen LogP contribution in [0.5, 0.6) is 0 Å². The topological polar surface area (TPSA) is 49.4 Å². The van der Waals surface area contributed by atoms with Crippen LogP contribution in [0.25, 0.3) is 0 Å². The molecule has 6 heteroatoms. The van der Waals surface area contributed by atoms with Crippen LogP contribution in [0.15, 0.2) is 23.1 Å². The van der Waals surface area contributed by atoms with Crippen LogP contribution in [0.4, 0.5) is 0 Å². The van der Waals surface area contributed by atoms with Crippen molar-refractivity contribution in [3.05, 3.63) is 29.3 Å². The van der Waals surface area contributed by atoms with Crippen molar-refractivity contribution in [1.29, 1.82) is 0 Å². The van der Waals surface area contributed by atoms with Gasteiger partial charge in [0.2, 0.25) is 10.0 Å². The number of nitrogens with one attached hydrogen (secondary N) is 1. The Kier molecular flexibility index (Phi) is 5.46. The van der Waals surface area contributed by atoms with Crippen molar-refractivity contribution < 1.29 is 8.42 Å². The van der Waals surface area contributed by atoms with Gasteiger partial charge in [0.05, 0.1) is 4.90 Å². The Bertz CT molecular complexity index is 568. The fourth-order valence-electron chi connectivity index (χ4n) is 1.72. The predicted octanol–water partition coefficient (Wildman–Crippen LogP) is 1.92. The van der Waals surface area contributed by atoms with E-state index in [0.717, 1.165) is 17.1 Å². The van der Waals surface area contributed by atoms with Crippen LogP contribution in [0.2, 0.25) is 0 Å². The molecule has 0 radical (unpaired) electrons. The number of hydrogen-bond donors (Lipinski definition) is 1. The maximum Gasteiger partial charge on any atom is 0.240 e. The Labute approximate surface area is 120 Å². The van der Waals surface area contributed by atoms with Crippen molar-refractivity contribution in [2.24, 2.45) is 0 Å². The highest BCUT2D eigenvalue weighted by Crippen LogP contribution is 2.18. The number of nitrogens with zero attached hydrogens (tertiary/aromatic N) is 1. The van der Waals surface area contributed by atoms with E-state index in [4.69, 9.17) is 12.2 Å². The molecule has 1 rings (SSSR count). The minimum Gasteiger partial charge on any atom is -0.366 e. The molecule has 0 atom stereocenters. The van der Waals surface area contributed by atoms with Crippen LogP contribution in [0, 0.1) is 6.92 Å². The van der Waals surface area contributed by atoms with Crippen molar-refractivity contribution in [3.8, 4) is 0 Å². The Balaban J connectivity index is 3.15. The zero-order valence-corrected chi connectivity index (χ0v) is 13.4. The van der Waals surface area contributed by atoms with Gasteiger partial charge in [0.15, 0.2) is 0 Å². The van der Waals surface area contributed by atoms with E-state index in [1.807, 2.05) is 24.9 Å². The van der Waals surface area contributed by atoms with Gasteiger partial charge in [0.1, 0.15) is 4.99 Å². The minimum atomic E-state index is -3.42. The average molecular weight is 300 g/mol. The second-order valence-corrected chi connectivity index (χ2v) is 6.42. The van der Waals surface area contributed by atoms with E-state index in [9.17, 15) is 8.42 Å². The lowest BCUT2D eigenvalue weighted by molar-refractivity contribution is 0.546. The Morgan fingerprint density at radius 3 is 2.47 bits per heavy atom. The predicted molar refractivity (Wildman–Crippen MR) is 82.0 cm³/mol. The lowest BCUT2D eigenvalue weighted by Crippen LogP contribution is -2.26. The van der Waals surface area contributed by atoms with E-state index in [1.54, 1.807) is 26.0 Å². The average Bonchev–Trinajstić information content (AvgIpc) is 2.36. The molecule has 0 heterocycles. The molecule has 0 amide bonds. The van der Waals surface area contributed by atoms with Gasteiger partial charge in [-0.25, -0.2) is 13.1 Å². The first kappa shape index (κ1) is 16.1. The summed E-state index contributed by atoms with van der Waals surface area (Å²) in [4.78, 5) is 2.97. The van der Waals surface area contributed by atoms with Gasteiger partial charge in [-0.2, -0.15) is 0 Å². The van der Waals surface area contributed by atoms with Gasteiger partial charge >= 0.3 is 0 Å². The van der Waals surface area contributed by atoms with Gasteiger partial charge in [-0.15, -0.1) is 0 Å². The fraction of sp³-hybridized carbons (Fsp3) is 0.462. The molecule has 106 valence electrons. The number of thiocarbonyl (C=S) groups is 1. The van der Waals surface area contributed by atoms with E-state index >= 15 is 0 Å². The second-order valence-electron chi connectivity index (χ2n) is 4.30. The number of hydrogen-bond acceptors (Lipinski definition) is 3. The molecule has 4 nitrogen and oxygen atoms in total. The van der Waals surface area contributed by atoms with E-state index in [0.29, 0.717) is 17.0 Å². The molecule has 0 aliphatic rings. The number of aryl methyl sites for hydroxylation is 1. The molecule has 1 aromatic carbocycles. The Morgan fingerprint density at radius 1 is 1.37 bits per heavy atom. The molecule has 0 unspecified atom stereocenters. The van der Waals surface area contributed by atoms with Crippen LogP contribution in [-0.2, 0) is 10.0 Å². The molecular formula is C13H20N2O2S2. The van der Waals surface area contributed by atoms with Crippen molar-refractivity contribution in [2.45, 2.75) is 25.7 Å². The summed E-state index contributed by atoms with van der Waals surface area (Å²) in [5.74, 6) is 0. The Hall–Kier alpha value is -0.980. The van der Waals surface area contributed by atoms with Crippen molar-refractivity contribution in [3.63, 3.8) is 0 Å². The summed E-state index contributed by atoms with van der Waals surface area (Å²) < 4.78 is 26.4. The van der Waals surface area contributed by atoms with Gasteiger partial charge in [-0.1, -0.05) is 25.2 Å². The third-order valence-electron chi connectivity index (χ3n) is 2.87. The maximum atomic E-state index is 12.0. The molecule has 0 aromatic heterocycles. The summed E-state index contributed by atoms with van der Waals surface area (Å²) in [6.07, 6.45) is 0. The first-order valence-corrected chi connectivity index (χ1v) is 8.08.